The average Bonchev–Trinajstić information content (AvgIpc) is 1.62. The number of rotatable bonds is 37. The Kier molecular flexibility index (Phi) is 65.3. The number of carboxylic acid groups (broad SMARTS) is 9. The summed E-state index contributed by atoms with van der Waals surface area (Å²) in [6.45, 7) is 35.1. The van der Waals surface area contributed by atoms with Crippen LogP contribution in [0.4, 0.5) is 8.78 Å². The third kappa shape index (κ3) is 60.7. The third-order valence-electron chi connectivity index (χ3n) is 15.1. The summed E-state index contributed by atoms with van der Waals surface area (Å²) in [7, 11) is 0. The van der Waals surface area contributed by atoms with E-state index in [0.29, 0.717) is 50.0 Å². The molecule has 0 aromatic rings. The molecular formula is C76H100F2O41. The van der Waals surface area contributed by atoms with E-state index in [1.807, 2.05) is 0 Å². The number of hydrogen-bond donors (Lipinski definition) is 9. The van der Waals surface area contributed by atoms with Gasteiger partial charge in [-0.3, -0.25) is 43.2 Å². The third-order valence-corrected chi connectivity index (χ3v) is 15.1. The average molecular weight is 1710 g/mol. The lowest BCUT2D eigenvalue weighted by atomic mass is 9.79. The number of carbonyl (C=O) groups excluding carboxylic acids is 13. The highest BCUT2D eigenvalue weighted by molar-refractivity contribution is 5.92. The summed E-state index contributed by atoms with van der Waals surface area (Å²) in [5, 5.41) is 76.5. The van der Waals surface area contributed by atoms with Crippen LogP contribution in [-0.2, 0) is 153 Å². The highest BCUT2D eigenvalue weighted by Crippen LogP contribution is 2.53. The molecule has 43 heteroatoms. The van der Waals surface area contributed by atoms with Gasteiger partial charge in [-0.1, -0.05) is 72.1 Å². The molecule has 0 aliphatic heterocycles. The quantitative estimate of drug-likeness (QED) is 0.00824. The van der Waals surface area contributed by atoms with Gasteiger partial charge in [0.05, 0.1) is 55.5 Å². The monoisotopic (exact) mass is 1710 g/mol. The summed E-state index contributed by atoms with van der Waals surface area (Å²) in [6, 6.07) is 0. The van der Waals surface area contributed by atoms with Crippen molar-refractivity contribution in [3.05, 3.63) is 111 Å². The fourth-order valence-corrected chi connectivity index (χ4v) is 9.46. The topological polar surface area (TPSA) is 650 Å². The molecule has 0 spiro atoms. The van der Waals surface area contributed by atoms with Gasteiger partial charge in [0.1, 0.15) is 51.5 Å². The molecule has 0 aromatic heterocycles. The van der Waals surface area contributed by atoms with Crippen molar-refractivity contribution in [2.75, 3.05) is 52.9 Å². The van der Waals surface area contributed by atoms with E-state index in [-0.39, 0.29) is 106 Å². The molecule has 0 radical (unpaired) electrons. The molecule has 2 bridgehead atoms. The Balaban J connectivity index is -0.000000309. The van der Waals surface area contributed by atoms with E-state index >= 15 is 0 Å². The largest absolute Gasteiger partial charge is 0.494 e. The first-order valence-electron chi connectivity index (χ1n) is 34.8. The van der Waals surface area contributed by atoms with E-state index in [4.69, 9.17) is 79.0 Å². The Labute approximate surface area is 679 Å². The van der Waals surface area contributed by atoms with Gasteiger partial charge < -0.3 is 93.3 Å². The van der Waals surface area contributed by atoms with Crippen LogP contribution in [0, 0.1) is 41.4 Å². The number of ether oxygens (including phenoxy) is 10. The van der Waals surface area contributed by atoms with Gasteiger partial charge in [0, 0.05) is 35.3 Å². The predicted molar refractivity (Wildman–Crippen MR) is 393 cm³/mol. The molecule has 119 heavy (non-hydrogen) atoms. The molecule has 4 fully saturated rings. The maximum absolute atomic E-state index is 12.3. The zero-order valence-electron chi connectivity index (χ0n) is 66.0. The predicted octanol–water partition coefficient (Wildman–Crippen LogP) is 6.28. The SMILES string of the molecule is C=C(C)C(=C)OCCCC(=O)O.C=C(C)C(=O)O.C=C(C)C(=O)OC1CCCC(C(=O)O)C1.C=C(C)C(=O)OCCOC(=O)CCC(=O)O.C=C(F)C(=O)OC(C)(CC(=O)O)C(=O)O.C=C(F)C(=O)OCCOC(=O)C1C2CCC(C2)C1C(=O)O.C=CC(=O)OCC(=O)O.C=CC(=O)OCCOC(=O)C1CCCCC1C(=O)O.O=C=O.O=C=O. The molecular weight excluding hydrogens is 1610 g/mol. The molecule has 4 rings (SSSR count). The number of esters is 9. The summed E-state index contributed by atoms with van der Waals surface area (Å²) in [5.74, 6) is -21.8. The molecule has 41 nitrogen and oxygen atoms in total. The lowest BCUT2D eigenvalue weighted by Gasteiger charge is -2.26. The van der Waals surface area contributed by atoms with Crippen LogP contribution in [0.15, 0.2) is 111 Å². The lowest BCUT2D eigenvalue weighted by molar-refractivity contribution is -0.193. The maximum atomic E-state index is 12.3. The fourth-order valence-electron chi connectivity index (χ4n) is 9.46. The van der Waals surface area contributed by atoms with E-state index in [0.717, 1.165) is 69.6 Å². The summed E-state index contributed by atoms with van der Waals surface area (Å²) < 4.78 is 71.3. The molecule has 0 amide bonds. The lowest BCUT2D eigenvalue weighted by Crippen LogP contribution is -2.42. The molecule has 0 heterocycles. The summed E-state index contributed by atoms with van der Waals surface area (Å²) >= 11 is 0. The number of fused-ring (bicyclic) bond motifs is 2. The summed E-state index contributed by atoms with van der Waals surface area (Å²) in [5.41, 5.74) is -0.747. The number of carboxylic acids is 9. The van der Waals surface area contributed by atoms with Crippen LogP contribution in [0.2, 0.25) is 0 Å². The zero-order valence-corrected chi connectivity index (χ0v) is 66.0. The summed E-state index contributed by atoms with van der Waals surface area (Å²) in [6.07, 6.45) is 9.10. The van der Waals surface area contributed by atoms with Gasteiger partial charge in [0.2, 0.25) is 17.3 Å². The molecule has 664 valence electrons. The Morgan fingerprint density at radius 1 is 0.429 bits per heavy atom. The number of aliphatic carboxylic acids is 9. The van der Waals surface area contributed by atoms with E-state index in [1.165, 1.54) is 13.8 Å². The van der Waals surface area contributed by atoms with Gasteiger partial charge in [-0.15, -0.1) is 0 Å². The van der Waals surface area contributed by atoms with Gasteiger partial charge in [0.15, 0.2) is 6.61 Å². The zero-order chi connectivity index (χ0) is 93.4. The van der Waals surface area contributed by atoms with E-state index in [1.54, 1.807) is 13.8 Å². The molecule has 9 N–H and O–H groups in total. The molecule has 9 atom stereocenters. The van der Waals surface area contributed by atoms with Gasteiger partial charge in [0.25, 0.3) is 0 Å². The van der Waals surface area contributed by atoms with Crippen LogP contribution in [-0.4, -0.2) is 230 Å². The van der Waals surface area contributed by atoms with Crippen LogP contribution >= 0.6 is 0 Å². The number of hydrogen-bond acceptors (Lipinski definition) is 32. The highest BCUT2D eigenvalue weighted by atomic mass is 19.1. The second-order valence-corrected chi connectivity index (χ2v) is 24.8. The van der Waals surface area contributed by atoms with Gasteiger partial charge in [-0.2, -0.15) is 28.0 Å². The number of allylic oxidation sites excluding steroid dienone is 1. The van der Waals surface area contributed by atoms with Crippen molar-refractivity contribution < 1.29 is 208 Å². The van der Waals surface area contributed by atoms with Crippen molar-refractivity contribution in [3.8, 4) is 0 Å². The Morgan fingerprint density at radius 3 is 1.29 bits per heavy atom. The minimum absolute atomic E-state index is 0.0396. The van der Waals surface area contributed by atoms with Crippen molar-refractivity contribution >= 4 is 120 Å². The van der Waals surface area contributed by atoms with Gasteiger partial charge >= 0.3 is 120 Å². The molecule has 4 aliphatic carbocycles. The van der Waals surface area contributed by atoms with Crippen LogP contribution in [0.25, 0.3) is 0 Å². The second-order valence-electron chi connectivity index (χ2n) is 24.8. The van der Waals surface area contributed by atoms with E-state index in [9.17, 15) is 100 Å². The van der Waals surface area contributed by atoms with Gasteiger partial charge in [-0.05, 0) is 116 Å². The Hall–Kier alpha value is -13.5. The first-order chi connectivity index (χ1) is 55.3. The molecule has 4 aliphatic rings. The summed E-state index contributed by atoms with van der Waals surface area (Å²) in [4.78, 5) is 225. The van der Waals surface area contributed by atoms with E-state index < -0.39 is 161 Å². The van der Waals surface area contributed by atoms with Crippen LogP contribution in [0.1, 0.15) is 137 Å². The minimum atomic E-state index is -2.31. The molecule has 4 saturated carbocycles. The van der Waals surface area contributed by atoms with Crippen molar-refractivity contribution in [3.63, 3.8) is 0 Å². The van der Waals surface area contributed by atoms with Crippen molar-refractivity contribution in [2.24, 2.45) is 41.4 Å². The van der Waals surface area contributed by atoms with Gasteiger partial charge in [-0.25, -0.2) is 43.2 Å². The van der Waals surface area contributed by atoms with Crippen molar-refractivity contribution in [1.82, 2.24) is 0 Å². The Morgan fingerprint density at radius 2 is 0.874 bits per heavy atom. The van der Waals surface area contributed by atoms with Crippen LogP contribution in [0.5, 0.6) is 0 Å². The first kappa shape index (κ1) is 116. The van der Waals surface area contributed by atoms with Crippen molar-refractivity contribution in [2.45, 2.75) is 149 Å². The first-order valence-corrected chi connectivity index (χ1v) is 34.8. The minimum Gasteiger partial charge on any atom is -0.494 e. The number of carbonyl (C=O) groups is 18. The molecule has 0 saturated heterocycles. The smallest absolute Gasteiger partial charge is 0.373 e. The molecule has 0 aromatic carbocycles. The van der Waals surface area contributed by atoms with Crippen LogP contribution < -0.4 is 0 Å². The standard InChI is InChI=1S/C14H17FO6.C13H18O6.C11H16O4.C10H14O6.C9H14O3.C8H9FO6.C5H6O4.C4H6O2.2CO2/c1-7(15)13(18)20-4-5-21-14(19)11-9-3-2-8(6-9)10(11)12(16)17;1-2-11(14)18-7-8-19-13(17)10-6-4-3-5-9(10)12(15)16;1-7(2)11(14)15-9-5-3-4-8(6-9)10(12)13;1-7(2)10(14)16-6-5-15-9(13)4-3-8(11)12;1-7(2)8(3)12-6-4-5-9(10)11;1-4(9)6(12)15-8(2,7(13)14)3-5(10)11;1-2-5(8)9-3-4(6)7;1-3(2)4(5)6;2*2-1-3/h8-11H,1-6H2,(H,16,17);2,9-10H,1,3-8H2,(H,15,16);8-9H,1,3-6H2,2H3,(H,12,13);1,3-6H2,2H3,(H,11,12);1,3-6H2,2H3,(H,10,11);1,3H2,2H3,(H,10,11)(H,13,14);2H,1,3H2,(H,6,7);1H2,2H3,(H,5,6);;. The molecule has 9 unspecified atom stereocenters. The van der Waals surface area contributed by atoms with Crippen molar-refractivity contribution in [1.29, 1.82) is 0 Å². The fraction of sp³-hybridized carbons (Fsp3) is 0.500. The second kappa shape index (κ2) is 66.8. The van der Waals surface area contributed by atoms with E-state index in [2.05, 4.69) is 87.6 Å². The van der Waals surface area contributed by atoms with Crippen LogP contribution in [0.3, 0.4) is 0 Å². The number of halogens is 2. The Bertz CT molecular complexity index is 3620. The highest BCUT2D eigenvalue weighted by Gasteiger charge is 2.55. The normalized spacial score (nSPS) is 17.1. The maximum Gasteiger partial charge on any atom is 0.373 e.